The predicted octanol–water partition coefficient (Wildman–Crippen LogP) is 4.93. The van der Waals surface area contributed by atoms with E-state index in [4.69, 9.17) is 0 Å². The summed E-state index contributed by atoms with van der Waals surface area (Å²) in [7, 11) is 0. The van der Waals surface area contributed by atoms with Crippen molar-refractivity contribution in [2.45, 2.75) is 0 Å². The highest BCUT2D eigenvalue weighted by Crippen LogP contribution is 2.35. The minimum absolute atomic E-state index is 0.000663. The molecular formula is C20H14N6O4. The Balaban J connectivity index is 1.74. The highest BCUT2D eigenvalue weighted by Gasteiger charge is 2.24. The lowest BCUT2D eigenvalue weighted by Gasteiger charge is -2.11. The fraction of sp³-hybridized carbons (Fsp3) is 0. The summed E-state index contributed by atoms with van der Waals surface area (Å²) in [6.45, 7) is 0. The predicted molar refractivity (Wildman–Crippen MR) is 112 cm³/mol. The molecule has 10 nitrogen and oxygen atoms in total. The molecule has 2 N–H and O–H groups in total. The molecule has 0 saturated carbocycles. The van der Waals surface area contributed by atoms with E-state index >= 15 is 0 Å². The fourth-order valence-electron chi connectivity index (χ4n) is 3.03. The first-order valence-corrected chi connectivity index (χ1v) is 8.78. The van der Waals surface area contributed by atoms with Gasteiger partial charge in [-0.2, -0.15) is 0 Å². The molecule has 0 fully saturated rings. The molecule has 148 valence electrons. The summed E-state index contributed by atoms with van der Waals surface area (Å²) in [4.78, 5) is 29.6. The second kappa shape index (κ2) is 7.80. The van der Waals surface area contributed by atoms with E-state index in [1.54, 1.807) is 12.1 Å². The first-order valence-electron chi connectivity index (χ1n) is 8.78. The number of fused-ring (bicyclic) bond motifs is 1. The van der Waals surface area contributed by atoms with Gasteiger partial charge in [0.2, 0.25) is 11.6 Å². The minimum Gasteiger partial charge on any atom is -0.334 e. The van der Waals surface area contributed by atoms with Gasteiger partial charge in [-0.05, 0) is 17.5 Å². The summed E-state index contributed by atoms with van der Waals surface area (Å²) in [6, 6.07) is 18.8. The van der Waals surface area contributed by atoms with E-state index in [0.717, 1.165) is 10.8 Å². The molecule has 0 bridgehead atoms. The summed E-state index contributed by atoms with van der Waals surface area (Å²) in [5.74, 6) is -0.0856. The largest absolute Gasteiger partial charge is 0.353 e. The Kier molecular flexibility index (Phi) is 4.87. The van der Waals surface area contributed by atoms with Gasteiger partial charge in [0.05, 0.1) is 9.85 Å². The molecule has 0 atom stereocenters. The van der Waals surface area contributed by atoms with Gasteiger partial charge >= 0.3 is 5.69 Å². The van der Waals surface area contributed by atoms with Crippen LogP contribution in [0.1, 0.15) is 0 Å². The third-order valence-electron chi connectivity index (χ3n) is 4.37. The van der Waals surface area contributed by atoms with Gasteiger partial charge in [-0.3, -0.25) is 20.2 Å². The maximum absolute atomic E-state index is 11.8. The third kappa shape index (κ3) is 3.69. The number of benzene rings is 3. The fourth-order valence-corrected chi connectivity index (χ4v) is 3.03. The Morgan fingerprint density at radius 3 is 2.23 bits per heavy atom. The summed E-state index contributed by atoms with van der Waals surface area (Å²) in [5.41, 5.74) is 0.418. The summed E-state index contributed by atoms with van der Waals surface area (Å²) in [5, 5.41) is 30.4. The van der Waals surface area contributed by atoms with Crippen molar-refractivity contribution in [1.29, 1.82) is 0 Å². The van der Waals surface area contributed by atoms with Crippen molar-refractivity contribution in [3.63, 3.8) is 0 Å². The van der Waals surface area contributed by atoms with Gasteiger partial charge in [0.25, 0.3) is 5.69 Å². The van der Waals surface area contributed by atoms with Crippen LogP contribution in [0.2, 0.25) is 0 Å². The number of hydrogen-bond acceptors (Lipinski definition) is 8. The van der Waals surface area contributed by atoms with Crippen LogP contribution in [-0.2, 0) is 0 Å². The molecule has 0 spiro atoms. The zero-order chi connectivity index (χ0) is 21.1. The van der Waals surface area contributed by atoms with E-state index < -0.39 is 9.85 Å². The number of nitro groups is 2. The molecule has 0 radical (unpaired) electrons. The van der Waals surface area contributed by atoms with Crippen molar-refractivity contribution in [2.24, 2.45) is 0 Å². The van der Waals surface area contributed by atoms with Gasteiger partial charge in [-0.15, -0.1) is 0 Å². The number of non-ortho nitro benzene ring substituents is 1. The van der Waals surface area contributed by atoms with E-state index in [1.807, 2.05) is 36.4 Å². The second-order valence-electron chi connectivity index (χ2n) is 6.26. The Morgan fingerprint density at radius 1 is 0.767 bits per heavy atom. The van der Waals surface area contributed by atoms with Gasteiger partial charge < -0.3 is 10.6 Å². The van der Waals surface area contributed by atoms with Crippen LogP contribution in [0.15, 0.2) is 73.1 Å². The molecule has 0 amide bonds. The van der Waals surface area contributed by atoms with E-state index in [9.17, 15) is 20.2 Å². The lowest BCUT2D eigenvalue weighted by Crippen LogP contribution is -2.06. The van der Waals surface area contributed by atoms with Crippen molar-refractivity contribution in [2.75, 3.05) is 10.6 Å². The molecule has 10 heteroatoms. The number of nitrogens with one attached hydrogen (secondary N) is 2. The number of hydrogen-bond donors (Lipinski definition) is 2. The highest BCUT2D eigenvalue weighted by molar-refractivity contribution is 5.96. The number of rotatable bonds is 6. The Morgan fingerprint density at radius 2 is 1.47 bits per heavy atom. The maximum atomic E-state index is 11.8. The molecule has 1 aromatic heterocycles. The van der Waals surface area contributed by atoms with Gasteiger partial charge in [0, 0.05) is 28.9 Å². The van der Waals surface area contributed by atoms with E-state index in [-0.39, 0.29) is 23.0 Å². The average molecular weight is 402 g/mol. The second-order valence-corrected chi connectivity index (χ2v) is 6.26. The zero-order valence-electron chi connectivity index (χ0n) is 15.4. The van der Waals surface area contributed by atoms with Crippen molar-refractivity contribution >= 4 is 45.2 Å². The van der Waals surface area contributed by atoms with E-state index in [2.05, 4.69) is 20.6 Å². The molecule has 0 unspecified atom stereocenters. The van der Waals surface area contributed by atoms with Gasteiger partial charge in [-0.1, -0.05) is 42.5 Å². The highest BCUT2D eigenvalue weighted by atomic mass is 16.6. The van der Waals surface area contributed by atoms with Crippen LogP contribution >= 0.6 is 0 Å². The van der Waals surface area contributed by atoms with Crippen LogP contribution in [0.5, 0.6) is 0 Å². The minimum atomic E-state index is -0.604. The SMILES string of the molecule is O=[N+]([O-])c1cccc(Nc2ncnc(Nc3cccc4ccccc34)c2[N+](=O)[O-])c1. The number of nitro benzene ring substituents is 1. The van der Waals surface area contributed by atoms with Crippen LogP contribution in [0.3, 0.4) is 0 Å². The van der Waals surface area contributed by atoms with Crippen LogP contribution < -0.4 is 10.6 Å². The van der Waals surface area contributed by atoms with E-state index in [1.165, 1.54) is 24.5 Å². The lowest BCUT2D eigenvalue weighted by molar-refractivity contribution is -0.384. The number of nitrogens with zero attached hydrogens (tertiary/aromatic N) is 4. The van der Waals surface area contributed by atoms with Crippen LogP contribution in [0.4, 0.5) is 34.4 Å². The van der Waals surface area contributed by atoms with Crippen molar-refractivity contribution in [3.8, 4) is 0 Å². The third-order valence-corrected chi connectivity index (χ3v) is 4.37. The summed E-state index contributed by atoms with van der Waals surface area (Å²) >= 11 is 0. The summed E-state index contributed by atoms with van der Waals surface area (Å²) in [6.07, 6.45) is 1.18. The average Bonchev–Trinajstić information content (AvgIpc) is 2.74. The van der Waals surface area contributed by atoms with Gasteiger partial charge in [0.15, 0.2) is 0 Å². The lowest BCUT2D eigenvalue weighted by atomic mass is 10.1. The quantitative estimate of drug-likeness (QED) is 0.342. The standard InChI is InChI=1S/C20H14N6O4/c27-25(28)15-8-4-7-14(11-15)23-19-18(26(29)30)20(22-12-21-19)24-17-10-3-6-13-5-1-2-9-16(13)17/h1-12H,(H2,21,22,23,24). The molecular weight excluding hydrogens is 388 g/mol. The molecule has 0 saturated heterocycles. The van der Waals surface area contributed by atoms with Crippen molar-refractivity contribution in [1.82, 2.24) is 9.97 Å². The molecule has 0 aliphatic rings. The van der Waals surface area contributed by atoms with Crippen LogP contribution in [0, 0.1) is 20.2 Å². The Hall–Kier alpha value is -4.60. The molecule has 4 aromatic rings. The first-order chi connectivity index (χ1) is 14.5. The van der Waals surface area contributed by atoms with Crippen LogP contribution in [0.25, 0.3) is 10.8 Å². The molecule has 1 heterocycles. The number of aromatic nitrogens is 2. The molecule has 0 aliphatic carbocycles. The van der Waals surface area contributed by atoms with Crippen molar-refractivity contribution in [3.05, 3.63) is 93.3 Å². The van der Waals surface area contributed by atoms with E-state index in [0.29, 0.717) is 11.4 Å². The van der Waals surface area contributed by atoms with Crippen LogP contribution in [-0.4, -0.2) is 19.8 Å². The van der Waals surface area contributed by atoms with Gasteiger partial charge in [0.1, 0.15) is 6.33 Å². The molecule has 4 rings (SSSR count). The molecule has 30 heavy (non-hydrogen) atoms. The molecule has 3 aromatic carbocycles. The monoisotopic (exact) mass is 402 g/mol. The normalized spacial score (nSPS) is 10.5. The number of anilines is 4. The Labute approximate surface area is 169 Å². The maximum Gasteiger partial charge on any atom is 0.353 e. The zero-order valence-corrected chi connectivity index (χ0v) is 15.4. The first kappa shape index (κ1) is 18.7. The molecule has 0 aliphatic heterocycles. The topological polar surface area (TPSA) is 136 Å². The van der Waals surface area contributed by atoms with Gasteiger partial charge in [-0.25, -0.2) is 9.97 Å². The van der Waals surface area contributed by atoms with Crippen molar-refractivity contribution < 1.29 is 9.85 Å². The Bertz CT molecular complexity index is 1270. The summed E-state index contributed by atoms with van der Waals surface area (Å²) < 4.78 is 0. The smallest absolute Gasteiger partial charge is 0.334 e.